The van der Waals surface area contributed by atoms with Crippen LogP contribution in [0, 0.1) is 10.8 Å². The molecule has 10 nitrogen and oxygen atoms in total. The van der Waals surface area contributed by atoms with E-state index in [2.05, 4.69) is 0 Å². The second-order valence-corrected chi connectivity index (χ2v) is 8.58. The Morgan fingerprint density at radius 3 is 1.93 bits per heavy atom. The second kappa shape index (κ2) is 10.9. The van der Waals surface area contributed by atoms with Gasteiger partial charge in [-0.2, -0.15) is 0 Å². The van der Waals surface area contributed by atoms with Crippen molar-refractivity contribution in [3.63, 3.8) is 0 Å². The summed E-state index contributed by atoms with van der Waals surface area (Å²) in [6.07, 6.45) is 0.0833. The molecule has 0 spiro atoms. The number of carbonyl (C=O) groups is 1. The molecule has 2 aromatic rings. The molecule has 0 aliphatic heterocycles. The van der Waals surface area contributed by atoms with Gasteiger partial charge in [-0.25, -0.2) is 12.6 Å². The van der Waals surface area contributed by atoms with E-state index >= 15 is 0 Å². The average Bonchev–Trinajstić information content (AvgIpc) is 2.61. The van der Waals surface area contributed by atoms with Gasteiger partial charge in [0.2, 0.25) is 11.1 Å². The third-order valence-corrected chi connectivity index (χ3v) is 5.60. The van der Waals surface area contributed by atoms with E-state index in [1.807, 2.05) is 0 Å². The average molecular weight is 441 g/mol. The smallest absolute Gasteiger partial charge is 0.319 e. The molecule has 0 aliphatic rings. The SMILES string of the molecule is N=C(N)CC(=N)N.O=C(O)CS(=O)(=O)c1ccc(OS(=O)c2ccccc2)cc1. The zero-order chi connectivity index (χ0) is 22.0. The van der Waals surface area contributed by atoms with Crippen LogP contribution >= 0.6 is 0 Å². The van der Waals surface area contributed by atoms with E-state index in [-0.39, 0.29) is 28.7 Å². The highest BCUT2D eigenvalue weighted by atomic mass is 32.2. The number of nitrogens with one attached hydrogen (secondary N) is 2. The highest BCUT2D eigenvalue weighted by Crippen LogP contribution is 2.19. The Kier molecular flexibility index (Phi) is 8.96. The van der Waals surface area contributed by atoms with Crippen molar-refractivity contribution in [2.24, 2.45) is 11.5 Å². The van der Waals surface area contributed by atoms with E-state index in [1.54, 1.807) is 30.3 Å². The van der Waals surface area contributed by atoms with Crippen molar-refractivity contribution in [2.75, 3.05) is 5.75 Å². The van der Waals surface area contributed by atoms with Crippen molar-refractivity contribution in [2.45, 2.75) is 16.2 Å². The number of nitrogens with two attached hydrogens (primary N) is 2. The summed E-state index contributed by atoms with van der Waals surface area (Å²) >= 11 is -1.71. The number of aliphatic carboxylic acids is 1. The first-order chi connectivity index (χ1) is 13.5. The standard InChI is InChI=1S/C14H12O6S2.C3H8N4/c15-14(16)10-22(18,19)13-8-6-11(7-9-13)20-21(17)12-4-2-1-3-5-12;4-2(5)1-3(6)7/h1-9H,10H2,(H,15,16);1H2,(H3,4,5)(H3,6,7). The Morgan fingerprint density at radius 2 is 1.52 bits per heavy atom. The third kappa shape index (κ3) is 8.99. The van der Waals surface area contributed by atoms with Crippen molar-refractivity contribution in [3.8, 4) is 5.75 Å². The molecule has 0 fully saturated rings. The summed E-state index contributed by atoms with van der Waals surface area (Å²) in [6, 6.07) is 13.6. The molecule has 12 heteroatoms. The zero-order valence-electron chi connectivity index (χ0n) is 15.1. The lowest BCUT2D eigenvalue weighted by Gasteiger charge is -2.06. The van der Waals surface area contributed by atoms with Crippen LogP contribution in [0.15, 0.2) is 64.4 Å². The van der Waals surface area contributed by atoms with E-state index in [0.29, 0.717) is 4.90 Å². The Balaban J connectivity index is 0.000000516. The van der Waals surface area contributed by atoms with Crippen LogP contribution in [0.2, 0.25) is 0 Å². The minimum Gasteiger partial charge on any atom is -0.480 e. The molecule has 0 aliphatic carbocycles. The first-order valence-electron chi connectivity index (χ1n) is 7.87. The number of carboxylic acids is 1. The van der Waals surface area contributed by atoms with Crippen molar-refractivity contribution in [3.05, 3.63) is 54.6 Å². The summed E-state index contributed by atoms with van der Waals surface area (Å²) in [5.74, 6) is -2.31. The minimum absolute atomic E-state index is 0.0625. The van der Waals surface area contributed by atoms with E-state index in [0.717, 1.165) is 0 Å². The minimum atomic E-state index is -3.89. The summed E-state index contributed by atoms with van der Waals surface area (Å²) in [5, 5.41) is 21.7. The van der Waals surface area contributed by atoms with Gasteiger partial charge in [0, 0.05) is 0 Å². The molecule has 2 aromatic carbocycles. The van der Waals surface area contributed by atoms with Crippen LogP contribution in [-0.4, -0.2) is 41.1 Å². The monoisotopic (exact) mass is 440 g/mol. The van der Waals surface area contributed by atoms with Gasteiger partial charge >= 0.3 is 5.97 Å². The van der Waals surface area contributed by atoms with E-state index in [4.69, 9.17) is 31.6 Å². The van der Waals surface area contributed by atoms with E-state index < -0.39 is 32.6 Å². The number of carboxylic acid groups (broad SMARTS) is 1. The van der Waals surface area contributed by atoms with Crippen molar-refractivity contribution >= 4 is 38.6 Å². The molecule has 156 valence electrons. The Morgan fingerprint density at radius 1 is 1.00 bits per heavy atom. The molecule has 2 rings (SSSR count). The molecular formula is C17H20N4O6S2. The van der Waals surface area contributed by atoms with Gasteiger partial charge in [0.15, 0.2) is 15.6 Å². The zero-order valence-corrected chi connectivity index (χ0v) is 16.7. The van der Waals surface area contributed by atoms with Gasteiger partial charge < -0.3 is 20.8 Å². The van der Waals surface area contributed by atoms with Gasteiger partial charge in [-0.3, -0.25) is 15.6 Å². The molecule has 0 saturated carbocycles. The number of sulfone groups is 1. The maximum atomic E-state index is 11.9. The molecule has 1 atom stereocenters. The van der Waals surface area contributed by atoms with Crippen molar-refractivity contribution in [1.29, 1.82) is 10.8 Å². The van der Waals surface area contributed by atoms with E-state index in [1.165, 1.54) is 24.3 Å². The van der Waals surface area contributed by atoms with Gasteiger partial charge in [-0.15, -0.1) is 0 Å². The van der Waals surface area contributed by atoms with Crippen LogP contribution < -0.4 is 15.7 Å². The lowest BCUT2D eigenvalue weighted by molar-refractivity contribution is -0.134. The molecule has 7 N–H and O–H groups in total. The largest absolute Gasteiger partial charge is 0.480 e. The lowest BCUT2D eigenvalue weighted by atomic mass is 10.3. The number of amidine groups is 2. The Bertz CT molecular complexity index is 980. The molecule has 0 amide bonds. The van der Waals surface area contributed by atoms with Gasteiger partial charge in [0.05, 0.1) is 27.9 Å². The molecule has 29 heavy (non-hydrogen) atoms. The topological polar surface area (TPSA) is 197 Å². The normalized spacial score (nSPS) is 11.4. The predicted octanol–water partition coefficient (Wildman–Crippen LogP) is 0.895. The van der Waals surface area contributed by atoms with Crippen LogP contribution in [0.5, 0.6) is 5.75 Å². The number of hydrogen-bond acceptors (Lipinski definition) is 7. The summed E-state index contributed by atoms with van der Waals surface area (Å²) < 4.78 is 40.6. The number of rotatable bonds is 8. The molecule has 0 saturated heterocycles. The molecule has 0 bridgehead atoms. The Hall–Kier alpha value is -3.25. The summed E-state index contributed by atoms with van der Waals surface area (Å²) in [7, 11) is -3.89. The molecule has 1 unspecified atom stereocenters. The fourth-order valence-electron chi connectivity index (χ4n) is 1.82. The summed E-state index contributed by atoms with van der Waals surface area (Å²) in [6.45, 7) is 0. The van der Waals surface area contributed by atoms with Gasteiger partial charge in [-0.1, -0.05) is 18.2 Å². The van der Waals surface area contributed by atoms with Crippen molar-refractivity contribution < 1.29 is 26.7 Å². The van der Waals surface area contributed by atoms with Crippen LogP contribution in [-0.2, 0) is 25.7 Å². The predicted molar refractivity (Wildman–Crippen MR) is 108 cm³/mol. The maximum Gasteiger partial charge on any atom is 0.319 e. The highest BCUT2D eigenvalue weighted by Gasteiger charge is 2.18. The van der Waals surface area contributed by atoms with Crippen LogP contribution in [0.1, 0.15) is 6.42 Å². The fourth-order valence-corrected chi connectivity index (χ4v) is 3.62. The molecule has 0 radical (unpaired) electrons. The summed E-state index contributed by atoms with van der Waals surface area (Å²) in [5.41, 5.74) is 9.71. The molecule has 0 aromatic heterocycles. The van der Waals surface area contributed by atoms with Gasteiger partial charge in [0.25, 0.3) is 0 Å². The number of hydrogen-bond donors (Lipinski definition) is 5. The lowest BCUT2D eigenvalue weighted by Crippen LogP contribution is -2.20. The third-order valence-electron chi connectivity index (χ3n) is 2.98. The maximum absolute atomic E-state index is 11.9. The van der Waals surface area contributed by atoms with Crippen molar-refractivity contribution in [1.82, 2.24) is 0 Å². The summed E-state index contributed by atoms with van der Waals surface area (Å²) in [4.78, 5) is 10.9. The van der Waals surface area contributed by atoms with Gasteiger partial charge in [-0.05, 0) is 36.4 Å². The quantitative estimate of drug-likeness (QED) is 0.294. The van der Waals surface area contributed by atoms with Crippen LogP contribution in [0.25, 0.3) is 0 Å². The molecule has 0 heterocycles. The Labute approximate surface area is 170 Å². The van der Waals surface area contributed by atoms with E-state index in [9.17, 15) is 17.4 Å². The second-order valence-electron chi connectivity index (χ2n) is 5.48. The van der Waals surface area contributed by atoms with Gasteiger partial charge in [0.1, 0.15) is 5.75 Å². The number of benzene rings is 2. The highest BCUT2D eigenvalue weighted by molar-refractivity contribution is 7.92. The fraction of sp³-hybridized carbons (Fsp3) is 0.118. The van der Waals surface area contributed by atoms with Crippen LogP contribution in [0.4, 0.5) is 0 Å². The first-order valence-corrected chi connectivity index (χ1v) is 10.6. The van der Waals surface area contributed by atoms with Crippen LogP contribution in [0.3, 0.4) is 0 Å². The molecular weight excluding hydrogens is 420 g/mol. The first kappa shape index (κ1) is 23.8.